The molecule has 1 aromatic rings. The van der Waals surface area contributed by atoms with Gasteiger partial charge in [-0.25, -0.2) is 4.79 Å². The molecule has 0 aromatic heterocycles. The summed E-state index contributed by atoms with van der Waals surface area (Å²) in [6.07, 6.45) is 0.796. The lowest BCUT2D eigenvalue weighted by molar-refractivity contribution is -0.146. The Morgan fingerprint density at radius 3 is 1.61 bits per heavy atom. The number of aliphatic carboxylic acids is 1. The second-order valence-electron chi connectivity index (χ2n) is 6.74. The quantitative estimate of drug-likeness (QED) is 0.456. The van der Waals surface area contributed by atoms with Gasteiger partial charge in [0.15, 0.2) is 0 Å². The number of aliphatic hydroxyl groups is 1. The Hall–Kier alpha value is -2.10. The van der Waals surface area contributed by atoms with Crippen molar-refractivity contribution in [1.82, 2.24) is 0 Å². The predicted molar refractivity (Wildman–Crippen MR) is 92.0 cm³/mol. The number of rotatable bonds is 6. The van der Waals surface area contributed by atoms with Gasteiger partial charge in [0, 0.05) is 11.6 Å². The molecule has 1 rings (SSSR count). The van der Waals surface area contributed by atoms with E-state index in [1.54, 1.807) is 0 Å². The van der Waals surface area contributed by atoms with Gasteiger partial charge >= 0.3 is 5.97 Å². The number of carbonyl (C=O) groups excluding carboxylic acids is 1. The highest BCUT2D eigenvalue weighted by Crippen LogP contribution is 2.35. The summed E-state index contributed by atoms with van der Waals surface area (Å²) in [4.78, 5) is 22.2. The highest BCUT2D eigenvalue weighted by Gasteiger charge is 2.21. The van der Waals surface area contributed by atoms with Gasteiger partial charge in [-0.3, -0.25) is 4.79 Å². The molecule has 0 fully saturated rings. The maximum absolute atomic E-state index is 11.4. The van der Waals surface area contributed by atoms with Gasteiger partial charge in [0.1, 0.15) is 5.76 Å². The molecule has 0 radical (unpaired) electrons. The van der Waals surface area contributed by atoms with E-state index in [1.165, 1.54) is 5.56 Å². The van der Waals surface area contributed by atoms with Crippen LogP contribution in [-0.2, 0) is 9.59 Å². The van der Waals surface area contributed by atoms with Gasteiger partial charge in [-0.2, -0.15) is 0 Å². The molecule has 23 heavy (non-hydrogen) atoms. The Labute approximate surface area is 137 Å². The number of benzene rings is 1. The number of ketones is 1. The van der Waals surface area contributed by atoms with Crippen LogP contribution in [0.2, 0.25) is 0 Å². The molecule has 0 saturated heterocycles. The van der Waals surface area contributed by atoms with E-state index < -0.39 is 11.8 Å². The Morgan fingerprint density at radius 2 is 1.30 bits per heavy atom. The van der Waals surface area contributed by atoms with Gasteiger partial charge in [-0.15, -0.1) is 0 Å². The number of hydrogen-bond acceptors (Lipinski definition) is 3. The third-order valence-corrected chi connectivity index (χ3v) is 3.87. The first-order valence-electron chi connectivity index (χ1n) is 7.92. The molecule has 0 aliphatic carbocycles. The minimum absolute atomic E-state index is 0.136. The Balaban J connectivity index is 3.67. The molecule has 4 heteroatoms. The van der Waals surface area contributed by atoms with Crippen LogP contribution in [0, 0.1) is 0 Å². The zero-order valence-corrected chi connectivity index (χ0v) is 14.7. The van der Waals surface area contributed by atoms with E-state index in [0.717, 1.165) is 17.2 Å². The summed E-state index contributed by atoms with van der Waals surface area (Å²) in [7, 11) is 0. The fraction of sp³-hybridized carbons (Fsp3) is 0.474. The summed E-state index contributed by atoms with van der Waals surface area (Å²) < 4.78 is 0. The molecule has 2 N–H and O–H groups in total. The maximum atomic E-state index is 11.4. The molecule has 0 heterocycles. The third-order valence-electron chi connectivity index (χ3n) is 3.87. The maximum Gasteiger partial charge on any atom is 0.376 e. The largest absolute Gasteiger partial charge is 0.507 e. The molecule has 0 aliphatic heterocycles. The Morgan fingerprint density at radius 1 is 0.870 bits per heavy atom. The lowest BCUT2D eigenvalue weighted by Crippen LogP contribution is -2.11. The second kappa shape index (κ2) is 7.44. The number of carboxylic acids is 1. The summed E-state index contributed by atoms with van der Waals surface area (Å²) >= 11 is 0. The van der Waals surface area contributed by atoms with Crippen LogP contribution in [-0.4, -0.2) is 22.0 Å². The van der Waals surface area contributed by atoms with Gasteiger partial charge < -0.3 is 10.2 Å². The van der Waals surface area contributed by atoms with Crippen LogP contribution in [0.5, 0.6) is 0 Å². The summed E-state index contributed by atoms with van der Waals surface area (Å²) in [5.41, 5.74) is 3.59. The smallest absolute Gasteiger partial charge is 0.376 e. The summed E-state index contributed by atoms with van der Waals surface area (Å²) in [6, 6.07) is 4.07. The Bertz CT molecular complexity index is 608. The Kier molecular flexibility index (Phi) is 6.13. The molecule has 0 aliphatic rings. The molecular formula is C19H26O4. The van der Waals surface area contributed by atoms with Crippen molar-refractivity contribution in [2.45, 2.75) is 59.3 Å². The first kappa shape index (κ1) is 18.9. The van der Waals surface area contributed by atoms with Crippen LogP contribution >= 0.6 is 0 Å². The topological polar surface area (TPSA) is 74.6 Å². The summed E-state index contributed by atoms with van der Waals surface area (Å²) in [5.74, 6) is -2.37. The minimum atomic E-state index is -1.58. The molecule has 0 saturated carbocycles. The van der Waals surface area contributed by atoms with Gasteiger partial charge in [0.2, 0.25) is 0 Å². The molecule has 4 nitrogen and oxygen atoms in total. The van der Waals surface area contributed by atoms with Crippen molar-refractivity contribution < 1.29 is 19.8 Å². The number of hydrogen-bond donors (Lipinski definition) is 2. The van der Waals surface area contributed by atoms with Crippen LogP contribution < -0.4 is 0 Å². The van der Waals surface area contributed by atoms with E-state index in [9.17, 15) is 14.7 Å². The van der Waals surface area contributed by atoms with Crippen molar-refractivity contribution in [3.63, 3.8) is 0 Å². The molecule has 0 spiro atoms. The fourth-order valence-electron chi connectivity index (χ4n) is 2.51. The zero-order chi connectivity index (χ0) is 17.9. The van der Waals surface area contributed by atoms with E-state index in [4.69, 9.17) is 5.11 Å². The van der Waals surface area contributed by atoms with E-state index in [0.29, 0.717) is 11.5 Å². The van der Waals surface area contributed by atoms with Gasteiger partial charge in [-0.1, -0.05) is 53.7 Å². The summed E-state index contributed by atoms with van der Waals surface area (Å²) in [6.45, 7) is 12.3. The normalized spacial score (nSPS) is 12.3. The van der Waals surface area contributed by atoms with E-state index in [2.05, 4.69) is 13.8 Å². The number of carbonyl (C=O) groups is 2. The van der Waals surface area contributed by atoms with E-state index >= 15 is 0 Å². The van der Waals surface area contributed by atoms with Crippen molar-refractivity contribution in [3.8, 4) is 0 Å². The molecule has 0 unspecified atom stereocenters. The van der Waals surface area contributed by atoms with Crippen molar-refractivity contribution in [3.05, 3.63) is 40.5 Å². The average molecular weight is 318 g/mol. The van der Waals surface area contributed by atoms with Gasteiger partial charge in [0.25, 0.3) is 5.78 Å². The lowest BCUT2D eigenvalue weighted by atomic mass is 9.83. The first-order valence-corrected chi connectivity index (χ1v) is 7.92. The lowest BCUT2D eigenvalue weighted by Gasteiger charge is -2.22. The van der Waals surface area contributed by atoms with Crippen molar-refractivity contribution in [2.75, 3.05) is 0 Å². The third kappa shape index (κ3) is 4.44. The van der Waals surface area contributed by atoms with Crippen LogP contribution in [0.25, 0.3) is 5.76 Å². The number of aliphatic hydroxyl groups excluding tert-OH is 1. The molecule has 126 valence electrons. The molecule has 1 aromatic carbocycles. The molecule has 0 bridgehead atoms. The van der Waals surface area contributed by atoms with Crippen molar-refractivity contribution >= 4 is 17.5 Å². The van der Waals surface area contributed by atoms with Crippen LogP contribution in [0.15, 0.2) is 18.2 Å². The summed E-state index contributed by atoms with van der Waals surface area (Å²) in [5, 5.41) is 19.2. The van der Waals surface area contributed by atoms with Gasteiger partial charge in [-0.05, 0) is 34.4 Å². The molecular weight excluding hydrogens is 292 g/mol. The fourth-order valence-corrected chi connectivity index (χ4v) is 2.51. The SMILES string of the molecule is CC(C)c1cc(C(C)C)c(C(O)=CC(=O)C(=O)O)c(C(C)C)c1. The van der Waals surface area contributed by atoms with Crippen molar-refractivity contribution in [2.24, 2.45) is 0 Å². The van der Waals surface area contributed by atoms with Gasteiger partial charge in [0.05, 0.1) is 0 Å². The number of carboxylic acid groups (broad SMARTS) is 1. The van der Waals surface area contributed by atoms with E-state index in [-0.39, 0.29) is 17.6 Å². The highest BCUT2D eigenvalue weighted by atomic mass is 16.4. The molecule has 0 atom stereocenters. The predicted octanol–water partition coefficient (Wildman–Crippen LogP) is 4.61. The van der Waals surface area contributed by atoms with Crippen LogP contribution in [0.1, 0.15) is 81.5 Å². The minimum Gasteiger partial charge on any atom is -0.507 e. The van der Waals surface area contributed by atoms with E-state index in [1.807, 2.05) is 39.8 Å². The van der Waals surface area contributed by atoms with Crippen LogP contribution in [0.4, 0.5) is 0 Å². The highest BCUT2D eigenvalue weighted by molar-refractivity contribution is 6.38. The molecule has 0 amide bonds. The standard InChI is InChI=1S/C19H26O4/c1-10(2)13-7-14(11(3)4)18(15(8-13)12(5)6)16(20)9-17(21)19(22)23/h7-12,20H,1-6H3,(H,22,23). The van der Waals surface area contributed by atoms with Crippen molar-refractivity contribution in [1.29, 1.82) is 0 Å². The second-order valence-corrected chi connectivity index (χ2v) is 6.74. The monoisotopic (exact) mass is 318 g/mol. The zero-order valence-electron chi connectivity index (χ0n) is 14.7. The average Bonchev–Trinajstić information content (AvgIpc) is 2.44. The van der Waals surface area contributed by atoms with Crippen LogP contribution in [0.3, 0.4) is 0 Å². The first-order chi connectivity index (χ1) is 10.6.